The summed E-state index contributed by atoms with van der Waals surface area (Å²) in [5.41, 5.74) is 5.66. The fourth-order valence-electron chi connectivity index (χ4n) is 1.19. The quantitative estimate of drug-likeness (QED) is 0.782. The van der Waals surface area contributed by atoms with E-state index >= 15 is 0 Å². The summed E-state index contributed by atoms with van der Waals surface area (Å²) in [6, 6.07) is 6.94. The summed E-state index contributed by atoms with van der Waals surface area (Å²) in [5, 5.41) is 2.31. The van der Waals surface area contributed by atoms with Gasteiger partial charge < -0.3 is 10.5 Å². The molecular formula is C11H14N2O2S. The molecule has 0 bridgehead atoms. The SMILES string of the molecule is CC(C)Oc1ccccc1C(=O)NC(N)=S. The van der Waals surface area contributed by atoms with E-state index in [4.69, 9.17) is 10.5 Å². The highest BCUT2D eigenvalue weighted by atomic mass is 32.1. The molecule has 0 unspecified atom stereocenters. The van der Waals surface area contributed by atoms with Gasteiger partial charge in [0.25, 0.3) is 5.91 Å². The van der Waals surface area contributed by atoms with E-state index in [0.717, 1.165) is 0 Å². The monoisotopic (exact) mass is 238 g/mol. The summed E-state index contributed by atoms with van der Waals surface area (Å²) in [6.45, 7) is 3.78. The van der Waals surface area contributed by atoms with Crippen LogP contribution in [0.15, 0.2) is 24.3 Å². The number of benzene rings is 1. The van der Waals surface area contributed by atoms with Crippen LogP contribution in [0.1, 0.15) is 24.2 Å². The Kier molecular flexibility index (Phi) is 4.25. The van der Waals surface area contributed by atoms with Crippen LogP contribution < -0.4 is 15.8 Å². The minimum atomic E-state index is -0.358. The molecule has 0 spiro atoms. The third kappa shape index (κ3) is 3.51. The second-order valence-corrected chi connectivity index (χ2v) is 3.92. The van der Waals surface area contributed by atoms with Crippen LogP contribution in [0.4, 0.5) is 0 Å². The van der Waals surface area contributed by atoms with Gasteiger partial charge in [-0.3, -0.25) is 10.1 Å². The van der Waals surface area contributed by atoms with Crippen LogP contribution in [0.3, 0.4) is 0 Å². The van der Waals surface area contributed by atoms with Gasteiger partial charge in [0.15, 0.2) is 5.11 Å². The van der Waals surface area contributed by atoms with Crippen molar-refractivity contribution in [2.75, 3.05) is 0 Å². The first-order chi connectivity index (χ1) is 7.50. The summed E-state index contributed by atoms with van der Waals surface area (Å²) in [5.74, 6) is 0.162. The van der Waals surface area contributed by atoms with E-state index in [2.05, 4.69) is 17.5 Å². The molecule has 4 nitrogen and oxygen atoms in total. The number of hydrogen-bond acceptors (Lipinski definition) is 3. The van der Waals surface area contributed by atoms with E-state index < -0.39 is 0 Å². The zero-order valence-electron chi connectivity index (χ0n) is 9.19. The molecule has 1 amide bonds. The zero-order valence-corrected chi connectivity index (χ0v) is 10.0. The normalized spacial score (nSPS) is 9.94. The highest BCUT2D eigenvalue weighted by molar-refractivity contribution is 7.80. The van der Waals surface area contributed by atoms with Crippen molar-refractivity contribution in [3.05, 3.63) is 29.8 Å². The largest absolute Gasteiger partial charge is 0.490 e. The Hall–Kier alpha value is -1.62. The van der Waals surface area contributed by atoms with Crippen molar-refractivity contribution in [1.29, 1.82) is 0 Å². The van der Waals surface area contributed by atoms with Crippen LogP contribution >= 0.6 is 12.2 Å². The van der Waals surface area contributed by atoms with E-state index in [1.807, 2.05) is 13.8 Å². The summed E-state index contributed by atoms with van der Waals surface area (Å²) in [6.07, 6.45) is -0.00113. The molecule has 1 aromatic carbocycles. The minimum Gasteiger partial charge on any atom is -0.490 e. The van der Waals surface area contributed by atoms with Gasteiger partial charge in [-0.25, -0.2) is 0 Å². The van der Waals surface area contributed by atoms with Crippen molar-refractivity contribution >= 4 is 23.2 Å². The Morgan fingerprint density at radius 1 is 1.44 bits per heavy atom. The van der Waals surface area contributed by atoms with Gasteiger partial charge in [-0.2, -0.15) is 0 Å². The lowest BCUT2D eigenvalue weighted by atomic mass is 10.2. The minimum absolute atomic E-state index is 0.00113. The molecule has 1 aromatic rings. The lowest BCUT2D eigenvalue weighted by Gasteiger charge is -2.13. The Bertz CT molecular complexity index is 405. The first-order valence-corrected chi connectivity index (χ1v) is 5.28. The molecule has 3 N–H and O–H groups in total. The zero-order chi connectivity index (χ0) is 12.1. The molecule has 5 heteroatoms. The number of ether oxygens (including phenoxy) is 1. The Morgan fingerprint density at radius 2 is 2.06 bits per heavy atom. The van der Waals surface area contributed by atoms with E-state index in [1.54, 1.807) is 24.3 Å². The molecule has 1 rings (SSSR count). The van der Waals surface area contributed by atoms with E-state index in [0.29, 0.717) is 11.3 Å². The van der Waals surface area contributed by atoms with Crippen molar-refractivity contribution in [3.63, 3.8) is 0 Å². The number of hydrogen-bond donors (Lipinski definition) is 2. The standard InChI is InChI=1S/C11H14N2O2S/c1-7(2)15-9-6-4-3-5-8(9)10(14)13-11(12)16/h3-7H,1-2H3,(H3,12,13,14,16). The average molecular weight is 238 g/mol. The van der Waals surface area contributed by atoms with Crippen LogP contribution in [0.2, 0.25) is 0 Å². The molecule has 0 fully saturated rings. The first-order valence-electron chi connectivity index (χ1n) is 4.87. The first kappa shape index (κ1) is 12.4. The van der Waals surface area contributed by atoms with Gasteiger partial charge in [0.1, 0.15) is 5.75 Å². The molecule has 0 radical (unpaired) electrons. The number of nitrogens with one attached hydrogen (secondary N) is 1. The van der Waals surface area contributed by atoms with Crippen molar-refractivity contribution < 1.29 is 9.53 Å². The number of carbonyl (C=O) groups excluding carboxylic acids is 1. The number of amides is 1. The topological polar surface area (TPSA) is 64.3 Å². The highest BCUT2D eigenvalue weighted by Crippen LogP contribution is 2.18. The lowest BCUT2D eigenvalue weighted by Crippen LogP contribution is -2.35. The van der Waals surface area contributed by atoms with Gasteiger partial charge in [0, 0.05) is 0 Å². The number of nitrogens with two attached hydrogens (primary N) is 1. The molecule has 0 aromatic heterocycles. The van der Waals surface area contributed by atoms with Crippen LogP contribution in [0, 0.1) is 0 Å². The summed E-state index contributed by atoms with van der Waals surface area (Å²) in [4.78, 5) is 11.7. The van der Waals surface area contributed by atoms with Gasteiger partial charge in [-0.05, 0) is 38.2 Å². The van der Waals surface area contributed by atoms with Gasteiger partial charge >= 0.3 is 0 Å². The van der Waals surface area contributed by atoms with Gasteiger partial charge in [-0.1, -0.05) is 12.1 Å². The van der Waals surface area contributed by atoms with E-state index in [-0.39, 0.29) is 17.1 Å². The molecule has 86 valence electrons. The number of rotatable bonds is 3. The smallest absolute Gasteiger partial charge is 0.261 e. The summed E-state index contributed by atoms with van der Waals surface area (Å²) in [7, 11) is 0. The Labute approximate surface area is 99.8 Å². The second kappa shape index (κ2) is 5.46. The summed E-state index contributed by atoms with van der Waals surface area (Å²) >= 11 is 4.61. The van der Waals surface area contributed by atoms with Crippen molar-refractivity contribution in [2.45, 2.75) is 20.0 Å². The molecule has 0 aliphatic carbocycles. The van der Waals surface area contributed by atoms with Crippen LogP contribution in [0.25, 0.3) is 0 Å². The molecule has 0 saturated carbocycles. The van der Waals surface area contributed by atoms with Crippen LogP contribution in [0.5, 0.6) is 5.75 Å². The highest BCUT2D eigenvalue weighted by Gasteiger charge is 2.12. The number of para-hydroxylation sites is 1. The number of thiocarbonyl (C=S) groups is 1. The van der Waals surface area contributed by atoms with E-state index in [1.165, 1.54) is 0 Å². The van der Waals surface area contributed by atoms with Crippen molar-refractivity contribution in [2.24, 2.45) is 5.73 Å². The maximum atomic E-state index is 11.7. The molecule has 0 saturated heterocycles. The third-order valence-corrected chi connectivity index (χ3v) is 1.83. The van der Waals surface area contributed by atoms with E-state index in [9.17, 15) is 4.79 Å². The Balaban J connectivity index is 2.94. The fraction of sp³-hybridized carbons (Fsp3) is 0.273. The second-order valence-electron chi connectivity index (χ2n) is 3.48. The van der Waals surface area contributed by atoms with Gasteiger partial charge in [-0.15, -0.1) is 0 Å². The van der Waals surface area contributed by atoms with Gasteiger partial charge in [0.2, 0.25) is 0 Å². The predicted octanol–water partition coefficient (Wildman–Crippen LogP) is 1.45. The average Bonchev–Trinajstić information content (AvgIpc) is 2.16. The van der Waals surface area contributed by atoms with Crippen LogP contribution in [-0.2, 0) is 0 Å². The molecule has 16 heavy (non-hydrogen) atoms. The van der Waals surface area contributed by atoms with Crippen molar-refractivity contribution in [3.8, 4) is 5.75 Å². The molecule has 0 heterocycles. The molecule has 0 aliphatic heterocycles. The molecule has 0 aliphatic rings. The van der Waals surface area contributed by atoms with Crippen LogP contribution in [-0.4, -0.2) is 17.1 Å². The Morgan fingerprint density at radius 3 is 2.62 bits per heavy atom. The maximum Gasteiger partial charge on any atom is 0.261 e. The summed E-state index contributed by atoms with van der Waals surface area (Å²) < 4.78 is 5.50. The van der Waals surface area contributed by atoms with Gasteiger partial charge in [0.05, 0.1) is 11.7 Å². The fourth-order valence-corrected chi connectivity index (χ4v) is 1.28. The molecule has 0 atom stereocenters. The molecular weight excluding hydrogens is 224 g/mol. The van der Waals surface area contributed by atoms with Crippen molar-refractivity contribution in [1.82, 2.24) is 5.32 Å². The maximum absolute atomic E-state index is 11.7. The lowest BCUT2D eigenvalue weighted by molar-refractivity contribution is 0.0971. The third-order valence-electron chi connectivity index (χ3n) is 1.73. The number of carbonyl (C=O) groups is 1. The predicted molar refractivity (Wildman–Crippen MR) is 66.5 cm³/mol.